The molecule has 2 aliphatic rings. The van der Waals surface area contributed by atoms with E-state index in [2.05, 4.69) is 23.6 Å². The maximum atomic E-state index is 10.3. The van der Waals surface area contributed by atoms with Gasteiger partial charge in [0.25, 0.3) is 0 Å². The molecule has 1 saturated heterocycles. The number of hydrogen-bond donors (Lipinski definition) is 2. The molecule has 0 spiro atoms. The van der Waals surface area contributed by atoms with Crippen molar-refractivity contribution in [2.24, 2.45) is 17.8 Å². The third-order valence-corrected chi connectivity index (χ3v) is 4.99. The molecule has 0 aromatic rings. The van der Waals surface area contributed by atoms with Gasteiger partial charge in [0.15, 0.2) is 0 Å². The van der Waals surface area contributed by atoms with Gasteiger partial charge in [-0.3, -0.25) is 4.90 Å². The molecule has 0 radical (unpaired) electrons. The lowest BCUT2D eigenvalue weighted by Crippen LogP contribution is -2.51. The molecule has 1 aliphatic heterocycles. The zero-order valence-electron chi connectivity index (χ0n) is 12.5. The largest absolute Gasteiger partial charge is 0.395 e. The van der Waals surface area contributed by atoms with Crippen LogP contribution in [0.25, 0.3) is 0 Å². The summed E-state index contributed by atoms with van der Waals surface area (Å²) >= 11 is 0. The van der Waals surface area contributed by atoms with Gasteiger partial charge in [-0.05, 0) is 24.7 Å². The smallest absolute Gasteiger partial charge is 0.0585 e. The summed E-state index contributed by atoms with van der Waals surface area (Å²) in [4.78, 5) is 4.81. The average molecular weight is 270 g/mol. The molecule has 0 amide bonds. The number of nitrogens with zero attached hydrogens (tertiary/aromatic N) is 2. The first-order valence-electron chi connectivity index (χ1n) is 7.83. The molecule has 4 unspecified atom stereocenters. The van der Waals surface area contributed by atoms with E-state index in [1.165, 1.54) is 6.42 Å². The first kappa shape index (κ1) is 15.2. The van der Waals surface area contributed by atoms with Gasteiger partial charge in [0, 0.05) is 45.2 Å². The molecule has 19 heavy (non-hydrogen) atoms. The first-order valence-corrected chi connectivity index (χ1v) is 7.83. The second-order valence-electron chi connectivity index (χ2n) is 6.65. The first-order chi connectivity index (χ1) is 9.10. The van der Waals surface area contributed by atoms with E-state index in [0.29, 0.717) is 17.8 Å². The molecule has 1 aliphatic carbocycles. The Bertz CT molecular complexity index is 255. The van der Waals surface area contributed by atoms with Crippen molar-refractivity contribution in [3.8, 4) is 0 Å². The Labute approximate surface area is 117 Å². The van der Waals surface area contributed by atoms with E-state index < -0.39 is 0 Å². The fourth-order valence-electron chi connectivity index (χ4n) is 3.81. The van der Waals surface area contributed by atoms with Crippen molar-refractivity contribution in [3.63, 3.8) is 0 Å². The second-order valence-corrected chi connectivity index (χ2v) is 6.65. The molecule has 112 valence electrons. The highest BCUT2D eigenvalue weighted by molar-refractivity contribution is 4.86. The highest BCUT2D eigenvalue weighted by Crippen LogP contribution is 2.34. The molecule has 0 aromatic heterocycles. The van der Waals surface area contributed by atoms with Crippen molar-refractivity contribution >= 4 is 0 Å². The molecule has 1 heterocycles. The summed E-state index contributed by atoms with van der Waals surface area (Å²) in [5, 5.41) is 19.3. The van der Waals surface area contributed by atoms with Crippen molar-refractivity contribution in [3.05, 3.63) is 0 Å². The van der Waals surface area contributed by atoms with Gasteiger partial charge < -0.3 is 15.1 Å². The van der Waals surface area contributed by atoms with Gasteiger partial charge in [0.05, 0.1) is 12.7 Å². The lowest BCUT2D eigenvalue weighted by molar-refractivity contribution is -0.0103. The van der Waals surface area contributed by atoms with Gasteiger partial charge in [-0.2, -0.15) is 0 Å². The minimum atomic E-state index is -0.116. The van der Waals surface area contributed by atoms with Crippen LogP contribution in [0.2, 0.25) is 0 Å². The highest BCUT2D eigenvalue weighted by Gasteiger charge is 2.34. The molecule has 4 heteroatoms. The van der Waals surface area contributed by atoms with E-state index in [-0.39, 0.29) is 12.7 Å². The molecule has 0 aromatic carbocycles. The number of β-amino-alcohol motifs (C(OH)–C–C–N with tert-alkyl or cyclic N) is 1. The molecule has 4 nitrogen and oxygen atoms in total. The Morgan fingerprint density at radius 2 is 1.63 bits per heavy atom. The zero-order valence-corrected chi connectivity index (χ0v) is 12.5. The van der Waals surface area contributed by atoms with Gasteiger partial charge in [0.1, 0.15) is 0 Å². The molecule has 2 rings (SSSR count). The van der Waals surface area contributed by atoms with Crippen LogP contribution in [-0.4, -0.2) is 72.0 Å². The Morgan fingerprint density at radius 3 is 2.21 bits per heavy atom. The van der Waals surface area contributed by atoms with E-state index in [4.69, 9.17) is 5.11 Å². The highest BCUT2D eigenvalue weighted by atomic mass is 16.3. The van der Waals surface area contributed by atoms with Gasteiger partial charge >= 0.3 is 0 Å². The fraction of sp³-hybridized carbons (Fsp3) is 1.00. The summed E-state index contributed by atoms with van der Waals surface area (Å²) in [6, 6.07) is 0. The monoisotopic (exact) mass is 270 g/mol. The molecule has 2 N–H and O–H groups in total. The minimum Gasteiger partial charge on any atom is -0.395 e. The number of aliphatic hydroxyl groups is 2. The van der Waals surface area contributed by atoms with Gasteiger partial charge in [-0.15, -0.1) is 0 Å². The summed E-state index contributed by atoms with van der Waals surface area (Å²) in [6.45, 7) is 10.9. The molecule has 4 atom stereocenters. The van der Waals surface area contributed by atoms with Crippen molar-refractivity contribution < 1.29 is 10.2 Å². The number of rotatable bonds is 4. The van der Waals surface area contributed by atoms with Crippen LogP contribution in [-0.2, 0) is 0 Å². The normalized spacial score (nSPS) is 38.5. The Morgan fingerprint density at radius 1 is 1.00 bits per heavy atom. The fourth-order valence-corrected chi connectivity index (χ4v) is 3.81. The standard InChI is InChI=1S/C15H30N2O2/c1-12-9-13(2)14(15(19)10-12)11-17-5-3-16(4-6-17)7-8-18/h12-15,18-19H,3-11H2,1-2H3. The Balaban J connectivity index is 1.78. The molecule has 2 fully saturated rings. The maximum Gasteiger partial charge on any atom is 0.0585 e. The number of hydrogen-bond acceptors (Lipinski definition) is 4. The van der Waals surface area contributed by atoms with Crippen molar-refractivity contribution in [2.45, 2.75) is 32.8 Å². The summed E-state index contributed by atoms with van der Waals surface area (Å²) in [5.41, 5.74) is 0. The predicted molar refractivity (Wildman–Crippen MR) is 77.0 cm³/mol. The molecule has 1 saturated carbocycles. The van der Waals surface area contributed by atoms with E-state index in [0.717, 1.165) is 45.7 Å². The zero-order chi connectivity index (χ0) is 13.8. The summed E-state index contributed by atoms with van der Waals surface area (Å²) in [5.74, 6) is 1.75. The number of aliphatic hydroxyl groups excluding tert-OH is 2. The van der Waals surface area contributed by atoms with Gasteiger partial charge in [0.2, 0.25) is 0 Å². The van der Waals surface area contributed by atoms with Crippen LogP contribution in [0.1, 0.15) is 26.7 Å². The summed E-state index contributed by atoms with van der Waals surface area (Å²) in [7, 11) is 0. The average Bonchev–Trinajstić information content (AvgIpc) is 2.36. The van der Waals surface area contributed by atoms with E-state index >= 15 is 0 Å². The van der Waals surface area contributed by atoms with Gasteiger partial charge in [-0.1, -0.05) is 13.8 Å². The van der Waals surface area contributed by atoms with Crippen LogP contribution >= 0.6 is 0 Å². The molecular weight excluding hydrogens is 240 g/mol. The number of piperazine rings is 1. The third-order valence-electron chi connectivity index (χ3n) is 4.99. The van der Waals surface area contributed by atoms with Crippen molar-refractivity contribution in [2.75, 3.05) is 45.9 Å². The summed E-state index contributed by atoms with van der Waals surface area (Å²) < 4.78 is 0. The predicted octanol–water partition coefficient (Wildman–Crippen LogP) is 0.639. The Hall–Kier alpha value is -0.160. The summed E-state index contributed by atoms with van der Waals surface area (Å²) in [6.07, 6.45) is 2.11. The second kappa shape index (κ2) is 7.02. The maximum absolute atomic E-state index is 10.3. The van der Waals surface area contributed by atoms with Crippen LogP contribution in [0.15, 0.2) is 0 Å². The van der Waals surface area contributed by atoms with Crippen LogP contribution in [0.5, 0.6) is 0 Å². The van der Waals surface area contributed by atoms with Crippen LogP contribution < -0.4 is 0 Å². The molecular formula is C15H30N2O2. The SMILES string of the molecule is CC1CC(C)C(CN2CCN(CCO)CC2)C(O)C1. The van der Waals surface area contributed by atoms with Crippen LogP contribution in [0.4, 0.5) is 0 Å². The van der Waals surface area contributed by atoms with Crippen LogP contribution in [0, 0.1) is 17.8 Å². The third kappa shape index (κ3) is 4.15. The quantitative estimate of drug-likeness (QED) is 0.787. The van der Waals surface area contributed by atoms with Gasteiger partial charge in [-0.25, -0.2) is 0 Å². The lowest BCUT2D eigenvalue weighted by atomic mass is 9.73. The topological polar surface area (TPSA) is 46.9 Å². The van der Waals surface area contributed by atoms with Crippen molar-refractivity contribution in [1.29, 1.82) is 0 Å². The minimum absolute atomic E-state index is 0.116. The molecule has 0 bridgehead atoms. The van der Waals surface area contributed by atoms with E-state index in [9.17, 15) is 5.11 Å². The van der Waals surface area contributed by atoms with Crippen LogP contribution in [0.3, 0.4) is 0 Å². The lowest BCUT2D eigenvalue weighted by Gasteiger charge is -2.42. The van der Waals surface area contributed by atoms with Crippen molar-refractivity contribution in [1.82, 2.24) is 9.80 Å². The van der Waals surface area contributed by atoms with E-state index in [1.54, 1.807) is 0 Å². The Kier molecular flexibility index (Phi) is 5.63. The van der Waals surface area contributed by atoms with E-state index in [1.807, 2.05) is 0 Å².